The van der Waals surface area contributed by atoms with Crippen LogP contribution < -0.4 is 9.46 Å². The number of nitrogens with one attached hydrogen (secondary N) is 1. The Kier molecular flexibility index (Phi) is 4.32. The summed E-state index contributed by atoms with van der Waals surface area (Å²) in [5.41, 5.74) is 0.915. The Balaban J connectivity index is 2.77. The predicted molar refractivity (Wildman–Crippen MR) is 64.0 cm³/mol. The van der Waals surface area contributed by atoms with Crippen LogP contribution in [0.3, 0.4) is 0 Å². The summed E-state index contributed by atoms with van der Waals surface area (Å²) in [6.07, 6.45) is 0. The third-order valence-corrected chi connectivity index (χ3v) is 3.82. The molecular formula is C11H17NO3S. The zero-order valence-electron chi connectivity index (χ0n) is 9.73. The lowest BCUT2D eigenvalue weighted by Gasteiger charge is -2.14. The number of hydrogen-bond acceptors (Lipinski definition) is 3. The molecule has 1 N–H and O–H groups in total. The first-order valence-electron chi connectivity index (χ1n) is 5.12. The highest BCUT2D eigenvalue weighted by molar-refractivity contribution is 7.89. The van der Waals surface area contributed by atoms with Crippen molar-refractivity contribution in [3.8, 4) is 5.75 Å². The van der Waals surface area contributed by atoms with Gasteiger partial charge < -0.3 is 4.74 Å². The maximum atomic E-state index is 11.4. The van der Waals surface area contributed by atoms with Gasteiger partial charge in [0.1, 0.15) is 5.75 Å². The topological polar surface area (TPSA) is 55.4 Å². The molecular weight excluding hydrogens is 226 g/mol. The molecule has 0 radical (unpaired) electrons. The SMILES string of the molecule is CCS(=O)(=O)N[C@@H](C)c1ccc(OC)cc1. The van der Waals surface area contributed by atoms with Crippen LogP contribution in [0.5, 0.6) is 5.75 Å². The molecule has 0 spiro atoms. The number of ether oxygens (including phenoxy) is 1. The van der Waals surface area contributed by atoms with Gasteiger partial charge in [-0.3, -0.25) is 0 Å². The Morgan fingerprint density at radius 2 is 1.88 bits per heavy atom. The normalized spacial score (nSPS) is 13.4. The summed E-state index contributed by atoms with van der Waals surface area (Å²) in [5.74, 6) is 0.849. The van der Waals surface area contributed by atoms with Crippen LogP contribution in [-0.4, -0.2) is 21.3 Å². The lowest BCUT2D eigenvalue weighted by atomic mass is 10.1. The monoisotopic (exact) mass is 243 g/mol. The molecule has 0 saturated carbocycles. The van der Waals surface area contributed by atoms with E-state index in [1.54, 1.807) is 14.0 Å². The van der Waals surface area contributed by atoms with Crippen molar-refractivity contribution in [3.05, 3.63) is 29.8 Å². The van der Waals surface area contributed by atoms with E-state index in [1.165, 1.54) is 0 Å². The van der Waals surface area contributed by atoms with Crippen molar-refractivity contribution in [1.29, 1.82) is 0 Å². The first kappa shape index (κ1) is 13.0. The Bertz CT molecular complexity index is 425. The average molecular weight is 243 g/mol. The number of sulfonamides is 1. The molecule has 0 bridgehead atoms. The van der Waals surface area contributed by atoms with E-state index in [2.05, 4.69) is 4.72 Å². The molecule has 1 aromatic carbocycles. The summed E-state index contributed by atoms with van der Waals surface area (Å²) in [5, 5.41) is 0. The minimum Gasteiger partial charge on any atom is -0.497 e. The molecule has 0 heterocycles. The fourth-order valence-electron chi connectivity index (χ4n) is 1.31. The molecule has 4 nitrogen and oxygen atoms in total. The Morgan fingerprint density at radius 3 is 2.31 bits per heavy atom. The van der Waals surface area contributed by atoms with Crippen LogP contribution in [0.4, 0.5) is 0 Å². The third kappa shape index (κ3) is 3.50. The number of benzene rings is 1. The van der Waals surface area contributed by atoms with Gasteiger partial charge in [-0.15, -0.1) is 0 Å². The molecule has 0 aromatic heterocycles. The van der Waals surface area contributed by atoms with Crippen molar-refractivity contribution in [2.24, 2.45) is 0 Å². The van der Waals surface area contributed by atoms with Crippen molar-refractivity contribution in [1.82, 2.24) is 4.72 Å². The van der Waals surface area contributed by atoms with Crippen molar-refractivity contribution < 1.29 is 13.2 Å². The van der Waals surface area contributed by atoms with Gasteiger partial charge in [0.15, 0.2) is 0 Å². The summed E-state index contributed by atoms with van der Waals surface area (Å²) in [4.78, 5) is 0. The molecule has 0 aliphatic rings. The maximum Gasteiger partial charge on any atom is 0.211 e. The second-order valence-electron chi connectivity index (χ2n) is 3.52. The van der Waals surface area contributed by atoms with E-state index >= 15 is 0 Å². The van der Waals surface area contributed by atoms with Gasteiger partial charge in [0.25, 0.3) is 0 Å². The van der Waals surface area contributed by atoms with Crippen molar-refractivity contribution in [2.45, 2.75) is 19.9 Å². The molecule has 0 unspecified atom stereocenters. The highest BCUT2D eigenvalue weighted by atomic mass is 32.2. The first-order valence-corrected chi connectivity index (χ1v) is 6.77. The minimum absolute atomic E-state index is 0.0908. The Hall–Kier alpha value is -1.07. The van der Waals surface area contributed by atoms with Crippen LogP contribution in [-0.2, 0) is 10.0 Å². The van der Waals surface area contributed by atoms with E-state index in [1.807, 2.05) is 31.2 Å². The summed E-state index contributed by atoms with van der Waals surface area (Å²) >= 11 is 0. The number of methoxy groups -OCH3 is 1. The molecule has 0 aliphatic carbocycles. The van der Waals surface area contributed by atoms with E-state index in [0.29, 0.717) is 0 Å². The molecule has 0 fully saturated rings. The average Bonchev–Trinajstić information content (AvgIpc) is 2.28. The van der Waals surface area contributed by atoms with Crippen LogP contribution >= 0.6 is 0 Å². The molecule has 5 heteroatoms. The van der Waals surface area contributed by atoms with Gasteiger partial charge in [0.2, 0.25) is 10.0 Å². The largest absolute Gasteiger partial charge is 0.497 e. The number of rotatable bonds is 5. The first-order chi connectivity index (χ1) is 7.48. The van der Waals surface area contributed by atoms with Gasteiger partial charge >= 0.3 is 0 Å². The highest BCUT2D eigenvalue weighted by Gasteiger charge is 2.13. The zero-order valence-corrected chi connectivity index (χ0v) is 10.5. The van der Waals surface area contributed by atoms with Gasteiger partial charge in [-0.25, -0.2) is 13.1 Å². The molecule has 0 aliphatic heterocycles. The fraction of sp³-hybridized carbons (Fsp3) is 0.455. The second-order valence-corrected chi connectivity index (χ2v) is 5.56. The maximum absolute atomic E-state index is 11.4. The minimum atomic E-state index is -3.16. The second kappa shape index (κ2) is 5.32. The lowest BCUT2D eigenvalue weighted by Crippen LogP contribution is -2.28. The summed E-state index contributed by atoms with van der Waals surface area (Å²) in [6, 6.07) is 7.09. The van der Waals surface area contributed by atoms with Gasteiger partial charge in [0, 0.05) is 6.04 Å². The molecule has 0 amide bonds. The quantitative estimate of drug-likeness (QED) is 0.856. The van der Waals surface area contributed by atoms with Gasteiger partial charge in [0.05, 0.1) is 12.9 Å². The molecule has 1 rings (SSSR count). The van der Waals surface area contributed by atoms with Crippen molar-refractivity contribution in [3.63, 3.8) is 0 Å². The Labute approximate surface area is 96.7 Å². The zero-order chi connectivity index (χ0) is 12.2. The van der Waals surface area contributed by atoms with Gasteiger partial charge in [-0.2, -0.15) is 0 Å². The van der Waals surface area contributed by atoms with Crippen LogP contribution in [0.1, 0.15) is 25.5 Å². The predicted octanol–water partition coefficient (Wildman–Crippen LogP) is 1.70. The molecule has 0 saturated heterocycles. The van der Waals surface area contributed by atoms with E-state index in [-0.39, 0.29) is 11.8 Å². The number of hydrogen-bond donors (Lipinski definition) is 1. The van der Waals surface area contributed by atoms with Crippen LogP contribution in [0.25, 0.3) is 0 Å². The van der Waals surface area contributed by atoms with Gasteiger partial charge in [-0.05, 0) is 31.5 Å². The molecule has 16 heavy (non-hydrogen) atoms. The van der Waals surface area contributed by atoms with Crippen LogP contribution in [0, 0.1) is 0 Å². The lowest BCUT2D eigenvalue weighted by molar-refractivity contribution is 0.414. The highest BCUT2D eigenvalue weighted by Crippen LogP contribution is 2.17. The van der Waals surface area contributed by atoms with Crippen molar-refractivity contribution in [2.75, 3.05) is 12.9 Å². The third-order valence-electron chi connectivity index (χ3n) is 2.35. The van der Waals surface area contributed by atoms with E-state index < -0.39 is 10.0 Å². The summed E-state index contributed by atoms with van der Waals surface area (Å²) in [6.45, 7) is 3.43. The molecule has 90 valence electrons. The van der Waals surface area contributed by atoms with E-state index in [9.17, 15) is 8.42 Å². The standard InChI is InChI=1S/C11H17NO3S/c1-4-16(13,14)12-9(2)10-5-7-11(15-3)8-6-10/h5-9,12H,4H2,1-3H3/t9-/m0/s1. The Morgan fingerprint density at radius 1 is 1.31 bits per heavy atom. The summed E-state index contributed by atoms with van der Waals surface area (Å²) < 4.78 is 30.4. The smallest absolute Gasteiger partial charge is 0.211 e. The van der Waals surface area contributed by atoms with Crippen molar-refractivity contribution >= 4 is 10.0 Å². The van der Waals surface area contributed by atoms with Crippen LogP contribution in [0.2, 0.25) is 0 Å². The van der Waals surface area contributed by atoms with Gasteiger partial charge in [-0.1, -0.05) is 12.1 Å². The molecule has 1 atom stereocenters. The molecule has 1 aromatic rings. The van der Waals surface area contributed by atoms with E-state index in [4.69, 9.17) is 4.74 Å². The fourth-order valence-corrected chi connectivity index (χ4v) is 2.15. The van der Waals surface area contributed by atoms with E-state index in [0.717, 1.165) is 11.3 Å². The van der Waals surface area contributed by atoms with Crippen LogP contribution in [0.15, 0.2) is 24.3 Å². The summed E-state index contributed by atoms with van der Waals surface area (Å²) in [7, 11) is -1.57.